The summed E-state index contributed by atoms with van der Waals surface area (Å²) in [4.78, 5) is 46.9. The molecule has 1 aromatic carbocycles. The van der Waals surface area contributed by atoms with Gasteiger partial charge in [0.25, 0.3) is 5.91 Å². The van der Waals surface area contributed by atoms with E-state index in [2.05, 4.69) is 16.0 Å². The molecule has 2 unspecified atom stereocenters. The van der Waals surface area contributed by atoms with E-state index in [9.17, 15) is 19.2 Å². The van der Waals surface area contributed by atoms with Crippen LogP contribution < -0.4 is 16.0 Å². The molecule has 0 radical (unpaired) electrons. The van der Waals surface area contributed by atoms with Gasteiger partial charge in [0.2, 0.25) is 11.8 Å². The lowest BCUT2D eigenvalue weighted by Gasteiger charge is -2.29. The normalized spacial score (nSPS) is 22.2. The second-order valence-electron chi connectivity index (χ2n) is 7.27. The Morgan fingerprint density at radius 2 is 1.93 bits per heavy atom. The molecule has 2 fully saturated rings. The van der Waals surface area contributed by atoms with Gasteiger partial charge in [-0.25, -0.2) is 0 Å². The van der Waals surface area contributed by atoms with Crippen molar-refractivity contribution in [1.82, 2.24) is 15.5 Å². The number of aldehydes is 1. The van der Waals surface area contributed by atoms with Gasteiger partial charge in [0, 0.05) is 31.3 Å². The van der Waals surface area contributed by atoms with Crippen molar-refractivity contribution in [2.75, 3.05) is 31.4 Å². The summed E-state index contributed by atoms with van der Waals surface area (Å²) in [6.45, 7) is 1.43. The molecule has 3 N–H and O–H groups in total. The smallest absolute Gasteiger partial charge is 0.255 e. The van der Waals surface area contributed by atoms with Crippen molar-refractivity contribution >= 4 is 41.5 Å². The number of amides is 3. The van der Waals surface area contributed by atoms with Gasteiger partial charge in [-0.15, -0.1) is 0 Å². The van der Waals surface area contributed by atoms with Gasteiger partial charge in [0.15, 0.2) is 0 Å². The molecule has 0 aliphatic carbocycles. The minimum Gasteiger partial charge on any atom is -0.388 e. The lowest BCUT2D eigenvalue weighted by molar-refractivity contribution is -0.136. The fraction of sp³-hybridized carbons (Fsp3) is 0.524. The van der Waals surface area contributed by atoms with E-state index in [4.69, 9.17) is 0 Å². The quantitative estimate of drug-likeness (QED) is 0.488. The van der Waals surface area contributed by atoms with Crippen LogP contribution >= 0.6 is 11.8 Å². The van der Waals surface area contributed by atoms with Crippen molar-refractivity contribution in [2.45, 2.75) is 44.3 Å². The van der Waals surface area contributed by atoms with Gasteiger partial charge in [-0.2, -0.15) is 11.8 Å². The minimum absolute atomic E-state index is 0.142. The predicted octanol–water partition coefficient (Wildman–Crippen LogP) is 1.41. The van der Waals surface area contributed by atoms with Gasteiger partial charge in [-0.05, 0) is 62.1 Å². The summed E-state index contributed by atoms with van der Waals surface area (Å²) in [5.41, 5.74) is 2.47. The van der Waals surface area contributed by atoms with Crippen molar-refractivity contribution in [2.24, 2.45) is 0 Å². The SMILES string of the molecule is CNc1ccc2c(c1)CN(C1CCC(=O)NC1=O)C2=O.CSC.O=CC1CCCN1. The first-order valence-electron chi connectivity index (χ1n) is 9.99. The van der Waals surface area contributed by atoms with E-state index in [1.54, 1.807) is 22.7 Å². The van der Waals surface area contributed by atoms with Gasteiger partial charge in [-0.3, -0.25) is 19.7 Å². The van der Waals surface area contributed by atoms with Gasteiger partial charge >= 0.3 is 0 Å². The summed E-state index contributed by atoms with van der Waals surface area (Å²) >= 11 is 1.75. The number of carbonyl (C=O) groups is 4. The third-order valence-electron chi connectivity index (χ3n) is 5.07. The van der Waals surface area contributed by atoms with E-state index in [0.717, 1.165) is 36.9 Å². The largest absolute Gasteiger partial charge is 0.388 e. The molecule has 0 aromatic heterocycles. The average molecular weight is 435 g/mol. The van der Waals surface area contributed by atoms with Crippen LogP contribution in [0, 0.1) is 0 Å². The molecule has 8 nitrogen and oxygen atoms in total. The van der Waals surface area contributed by atoms with E-state index in [0.29, 0.717) is 18.5 Å². The molecule has 0 spiro atoms. The standard InChI is InChI=1S/C14H15N3O3.C5H9NO.C2H6S/c1-15-9-2-3-10-8(6-9)7-17(14(10)20)11-4-5-12(18)16-13(11)19;7-4-5-2-1-3-6-5;1-3-2/h2-3,6,11,15H,4-5,7H2,1H3,(H,16,18,19);4-6H,1-3H2;1-2H3. The van der Waals surface area contributed by atoms with Crippen molar-refractivity contribution in [3.63, 3.8) is 0 Å². The number of imide groups is 1. The monoisotopic (exact) mass is 434 g/mol. The third-order valence-corrected chi connectivity index (χ3v) is 5.07. The zero-order valence-electron chi connectivity index (χ0n) is 17.7. The molecule has 3 heterocycles. The van der Waals surface area contributed by atoms with E-state index in [1.165, 1.54) is 0 Å². The first-order valence-corrected chi connectivity index (χ1v) is 11.6. The zero-order chi connectivity index (χ0) is 22.1. The zero-order valence-corrected chi connectivity index (χ0v) is 18.5. The molecule has 3 aliphatic rings. The van der Waals surface area contributed by atoms with Gasteiger partial charge < -0.3 is 20.3 Å². The summed E-state index contributed by atoms with van der Waals surface area (Å²) < 4.78 is 0. The number of benzene rings is 1. The van der Waals surface area contributed by atoms with E-state index >= 15 is 0 Å². The van der Waals surface area contributed by atoms with Gasteiger partial charge in [-0.1, -0.05) is 0 Å². The number of hydrogen-bond donors (Lipinski definition) is 3. The number of fused-ring (bicyclic) bond motifs is 1. The molecule has 1 aromatic rings. The van der Waals surface area contributed by atoms with Gasteiger partial charge in [0.05, 0.1) is 6.04 Å². The molecule has 2 saturated heterocycles. The molecule has 9 heteroatoms. The number of hydrogen-bond acceptors (Lipinski definition) is 7. The van der Waals surface area contributed by atoms with Crippen LogP contribution in [0.25, 0.3) is 0 Å². The number of piperidine rings is 1. The Kier molecular flexibility index (Phi) is 9.32. The average Bonchev–Trinajstić information content (AvgIpc) is 3.37. The van der Waals surface area contributed by atoms with Crippen LogP contribution in [0.2, 0.25) is 0 Å². The summed E-state index contributed by atoms with van der Waals surface area (Å²) in [6, 6.07) is 5.14. The van der Waals surface area contributed by atoms with Crippen LogP contribution in [-0.2, 0) is 20.9 Å². The van der Waals surface area contributed by atoms with Crippen molar-refractivity contribution in [3.8, 4) is 0 Å². The van der Waals surface area contributed by atoms with Crippen LogP contribution in [0.4, 0.5) is 5.69 Å². The summed E-state index contributed by atoms with van der Waals surface area (Å²) in [6.07, 6.45) is 7.92. The highest BCUT2D eigenvalue weighted by atomic mass is 32.2. The molecular weight excluding hydrogens is 404 g/mol. The summed E-state index contributed by atoms with van der Waals surface area (Å²) in [5, 5.41) is 8.36. The lowest BCUT2D eigenvalue weighted by Crippen LogP contribution is -2.52. The molecule has 2 atom stereocenters. The van der Waals surface area contributed by atoms with Crippen LogP contribution in [0.1, 0.15) is 41.6 Å². The molecular formula is C21H30N4O4S. The van der Waals surface area contributed by atoms with Crippen molar-refractivity contribution in [3.05, 3.63) is 29.3 Å². The van der Waals surface area contributed by atoms with Crippen LogP contribution in [0.3, 0.4) is 0 Å². The lowest BCUT2D eigenvalue weighted by atomic mass is 10.0. The highest BCUT2D eigenvalue weighted by molar-refractivity contribution is 7.97. The van der Waals surface area contributed by atoms with E-state index < -0.39 is 6.04 Å². The van der Waals surface area contributed by atoms with Crippen LogP contribution in [0.5, 0.6) is 0 Å². The third kappa shape index (κ3) is 6.06. The Hall–Kier alpha value is -2.39. The summed E-state index contributed by atoms with van der Waals surface area (Å²) in [5.74, 6) is -0.790. The fourth-order valence-corrected chi connectivity index (χ4v) is 3.56. The van der Waals surface area contributed by atoms with E-state index in [-0.39, 0.29) is 30.2 Å². The molecule has 0 saturated carbocycles. The minimum atomic E-state index is -0.550. The number of anilines is 1. The Morgan fingerprint density at radius 1 is 1.20 bits per heavy atom. The first kappa shape index (κ1) is 23.9. The second-order valence-corrected chi connectivity index (χ2v) is 8.09. The van der Waals surface area contributed by atoms with Crippen LogP contribution in [0.15, 0.2) is 18.2 Å². The first-order chi connectivity index (χ1) is 14.4. The summed E-state index contributed by atoms with van der Waals surface area (Å²) in [7, 11) is 1.82. The topological polar surface area (TPSA) is 108 Å². The number of rotatable bonds is 3. The fourth-order valence-electron chi connectivity index (χ4n) is 3.56. The molecule has 3 amide bonds. The van der Waals surface area contributed by atoms with Gasteiger partial charge in [0.1, 0.15) is 12.3 Å². The van der Waals surface area contributed by atoms with Crippen molar-refractivity contribution in [1.29, 1.82) is 0 Å². The Morgan fingerprint density at radius 3 is 2.47 bits per heavy atom. The molecule has 4 rings (SSSR count). The molecule has 0 bridgehead atoms. The number of carbonyl (C=O) groups excluding carboxylic acids is 4. The Balaban J connectivity index is 0.000000266. The maximum atomic E-state index is 12.4. The van der Waals surface area contributed by atoms with E-state index in [1.807, 2.05) is 31.7 Å². The second kappa shape index (κ2) is 11.7. The highest BCUT2D eigenvalue weighted by Gasteiger charge is 2.38. The number of thioether (sulfide) groups is 1. The highest BCUT2D eigenvalue weighted by Crippen LogP contribution is 2.29. The number of nitrogens with zero attached hydrogens (tertiary/aromatic N) is 1. The Bertz CT molecular complexity index is 780. The van der Waals surface area contributed by atoms with Crippen LogP contribution in [-0.4, -0.2) is 67.1 Å². The molecule has 164 valence electrons. The molecule has 30 heavy (non-hydrogen) atoms. The maximum absolute atomic E-state index is 12.4. The Labute approximate surface area is 181 Å². The predicted molar refractivity (Wildman–Crippen MR) is 119 cm³/mol. The number of nitrogens with one attached hydrogen (secondary N) is 3. The van der Waals surface area contributed by atoms with Crippen molar-refractivity contribution < 1.29 is 19.2 Å². The molecule has 3 aliphatic heterocycles. The maximum Gasteiger partial charge on any atom is 0.255 e.